The molecule has 0 bridgehead atoms. The van der Waals surface area contributed by atoms with Crippen LogP contribution in [-0.4, -0.2) is 29.6 Å². The van der Waals surface area contributed by atoms with Crippen LogP contribution in [0.25, 0.3) is 0 Å². The Hall–Kier alpha value is -2.97. The first-order valence-electron chi connectivity index (χ1n) is 9.14. The lowest BCUT2D eigenvalue weighted by atomic mass is 10.1. The smallest absolute Gasteiger partial charge is 0.255 e. The van der Waals surface area contributed by atoms with Gasteiger partial charge in [0.15, 0.2) is 0 Å². The number of carbonyl (C=O) groups is 1. The summed E-state index contributed by atoms with van der Waals surface area (Å²) in [6.45, 7) is 5.93. The quantitative estimate of drug-likeness (QED) is 0.650. The lowest BCUT2D eigenvalue weighted by molar-refractivity contribution is 0.102. The molecule has 3 rings (SSSR count). The molecule has 1 aromatic heterocycles. The van der Waals surface area contributed by atoms with E-state index < -0.39 is 15.6 Å². The maximum Gasteiger partial charge on any atom is 0.255 e. The van der Waals surface area contributed by atoms with Crippen LogP contribution >= 0.6 is 0 Å². The minimum absolute atomic E-state index is 0.0970. The van der Waals surface area contributed by atoms with Gasteiger partial charge >= 0.3 is 0 Å². The second kappa shape index (κ2) is 8.18. The molecule has 1 heterocycles. The summed E-state index contributed by atoms with van der Waals surface area (Å²) >= 11 is 0. The molecule has 0 spiro atoms. The van der Waals surface area contributed by atoms with E-state index in [1.54, 1.807) is 55.9 Å². The molecule has 0 aliphatic carbocycles. The molecule has 0 unspecified atom stereocenters. The van der Waals surface area contributed by atoms with Gasteiger partial charge in [0.25, 0.3) is 5.91 Å². The number of amides is 1. The Kier molecular flexibility index (Phi) is 5.86. The molecule has 1 amide bonds. The van der Waals surface area contributed by atoms with Crippen molar-refractivity contribution >= 4 is 21.6 Å². The van der Waals surface area contributed by atoms with E-state index in [1.807, 2.05) is 24.4 Å². The molecule has 0 aliphatic rings. The van der Waals surface area contributed by atoms with Crippen molar-refractivity contribution in [2.45, 2.75) is 37.8 Å². The SMILES string of the molecule is CC(C)(C)NS(=O)(=O)c1cccc(NC(=O)c2ccc(Cn3cccn3)cc2)c1. The first kappa shape index (κ1) is 20.8. The molecule has 2 aromatic carbocycles. The van der Waals surface area contributed by atoms with Gasteiger partial charge in [-0.3, -0.25) is 9.48 Å². The Morgan fingerprint density at radius 1 is 1.07 bits per heavy atom. The highest BCUT2D eigenvalue weighted by Crippen LogP contribution is 2.18. The Balaban J connectivity index is 1.71. The number of nitrogens with zero attached hydrogens (tertiary/aromatic N) is 2. The molecular formula is C21H24N4O3S. The molecule has 29 heavy (non-hydrogen) atoms. The maximum absolute atomic E-state index is 12.5. The highest BCUT2D eigenvalue weighted by Gasteiger charge is 2.22. The lowest BCUT2D eigenvalue weighted by Gasteiger charge is -2.20. The van der Waals surface area contributed by atoms with E-state index in [-0.39, 0.29) is 10.8 Å². The van der Waals surface area contributed by atoms with Crippen molar-refractivity contribution in [2.75, 3.05) is 5.32 Å². The van der Waals surface area contributed by atoms with E-state index in [2.05, 4.69) is 15.1 Å². The molecule has 2 N–H and O–H groups in total. The summed E-state index contributed by atoms with van der Waals surface area (Å²) in [6.07, 6.45) is 3.59. The standard InChI is InChI=1S/C21H24N4O3S/c1-21(2,3)24-29(27,28)19-7-4-6-18(14-19)23-20(26)17-10-8-16(9-11-17)15-25-13-5-12-22-25/h4-14,24H,15H2,1-3H3,(H,23,26). The number of sulfonamides is 1. The molecule has 0 saturated heterocycles. The molecule has 7 nitrogen and oxygen atoms in total. The fourth-order valence-corrected chi connectivity index (χ4v) is 4.21. The largest absolute Gasteiger partial charge is 0.322 e. The second-order valence-corrected chi connectivity index (χ2v) is 9.42. The average molecular weight is 413 g/mol. The molecule has 152 valence electrons. The van der Waals surface area contributed by atoms with Crippen molar-refractivity contribution in [1.82, 2.24) is 14.5 Å². The summed E-state index contributed by atoms with van der Waals surface area (Å²) in [5, 5.41) is 6.91. The Bertz CT molecular complexity index is 1080. The highest BCUT2D eigenvalue weighted by molar-refractivity contribution is 7.89. The molecule has 3 aromatic rings. The van der Waals surface area contributed by atoms with Crippen molar-refractivity contribution in [1.29, 1.82) is 0 Å². The second-order valence-electron chi connectivity index (χ2n) is 7.74. The molecule has 0 aliphatic heterocycles. The number of rotatable bonds is 6. The summed E-state index contributed by atoms with van der Waals surface area (Å²) in [5.74, 6) is -0.311. The Morgan fingerprint density at radius 2 is 1.79 bits per heavy atom. The van der Waals surface area contributed by atoms with Gasteiger partial charge in [0.1, 0.15) is 0 Å². The van der Waals surface area contributed by atoms with Crippen LogP contribution in [0, 0.1) is 0 Å². The van der Waals surface area contributed by atoms with Crippen LogP contribution in [0.1, 0.15) is 36.7 Å². The van der Waals surface area contributed by atoms with Crippen LogP contribution in [0.2, 0.25) is 0 Å². The summed E-state index contributed by atoms with van der Waals surface area (Å²) in [5.41, 5.74) is 1.31. The molecule has 0 radical (unpaired) electrons. The normalized spacial score (nSPS) is 12.0. The van der Waals surface area contributed by atoms with Crippen molar-refractivity contribution in [2.24, 2.45) is 0 Å². The number of hydrogen-bond donors (Lipinski definition) is 2. The van der Waals surface area contributed by atoms with Crippen molar-refractivity contribution in [3.63, 3.8) is 0 Å². The number of carbonyl (C=O) groups excluding carboxylic acids is 1. The van der Waals surface area contributed by atoms with E-state index in [9.17, 15) is 13.2 Å². The number of aromatic nitrogens is 2. The predicted molar refractivity (Wildman–Crippen MR) is 112 cm³/mol. The summed E-state index contributed by atoms with van der Waals surface area (Å²) in [7, 11) is -3.68. The third-order valence-corrected chi connectivity index (χ3v) is 5.72. The monoisotopic (exact) mass is 412 g/mol. The zero-order valence-electron chi connectivity index (χ0n) is 16.6. The number of benzene rings is 2. The molecular weight excluding hydrogens is 388 g/mol. The summed E-state index contributed by atoms with van der Waals surface area (Å²) in [4.78, 5) is 12.6. The average Bonchev–Trinajstić information content (AvgIpc) is 3.13. The van der Waals surface area contributed by atoms with Crippen LogP contribution < -0.4 is 10.0 Å². The van der Waals surface area contributed by atoms with E-state index in [0.29, 0.717) is 17.8 Å². The van der Waals surface area contributed by atoms with Gasteiger partial charge in [0.2, 0.25) is 10.0 Å². The van der Waals surface area contributed by atoms with E-state index in [1.165, 1.54) is 12.1 Å². The first-order valence-corrected chi connectivity index (χ1v) is 10.6. The molecule has 8 heteroatoms. The van der Waals surface area contributed by atoms with Crippen molar-refractivity contribution < 1.29 is 13.2 Å². The van der Waals surface area contributed by atoms with Gasteiger partial charge in [-0.15, -0.1) is 0 Å². The van der Waals surface area contributed by atoms with Gasteiger partial charge in [-0.1, -0.05) is 18.2 Å². The van der Waals surface area contributed by atoms with E-state index in [4.69, 9.17) is 0 Å². The maximum atomic E-state index is 12.5. The van der Waals surface area contributed by atoms with Crippen LogP contribution in [0.15, 0.2) is 71.9 Å². The zero-order chi connectivity index (χ0) is 21.1. The zero-order valence-corrected chi connectivity index (χ0v) is 17.4. The van der Waals surface area contributed by atoms with Gasteiger partial charge in [-0.2, -0.15) is 5.10 Å². The minimum Gasteiger partial charge on any atom is -0.322 e. The molecule has 0 atom stereocenters. The molecule has 0 fully saturated rings. The fourth-order valence-electron chi connectivity index (χ4n) is 2.75. The highest BCUT2D eigenvalue weighted by atomic mass is 32.2. The number of anilines is 1. The Morgan fingerprint density at radius 3 is 2.41 bits per heavy atom. The predicted octanol–water partition coefficient (Wildman–Crippen LogP) is 3.26. The van der Waals surface area contributed by atoms with Crippen molar-refractivity contribution in [3.05, 3.63) is 78.1 Å². The van der Waals surface area contributed by atoms with Gasteiger partial charge in [-0.05, 0) is 62.7 Å². The first-order chi connectivity index (χ1) is 13.6. The van der Waals surface area contributed by atoms with Gasteiger partial charge < -0.3 is 5.32 Å². The minimum atomic E-state index is -3.68. The van der Waals surface area contributed by atoms with E-state index >= 15 is 0 Å². The van der Waals surface area contributed by atoms with Crippen LogP contribution in [0.3, 0.4) is 0 Å². The number of hydrogen-bond acceptors (Lipinski definition) is 4. The van der Waals surface area contributed by atoms with E-state index in [0.717, 1.165) is 5.56 Å². The van der Waals surface area contributed by atoms with Crippen molar-refractivity contribution in [3.8, 4) is 0 Å². The number of nitrogens with one attached hydrogen (secondary N) is 2. The van der Waals surface area contributed by atoms with Crippen LogP contribution in [0.5, 0.6) is 0 Å². The summed E-state index contributed by atoms with van der Waals surface area (Å²) < 4.78 is 29.4. The van der Waals surface area contributed by atoms with Crippen LogP contribution in [0.4, 0.5) is 5.69 Å². The molecule has 0 saturated carbocycles. The third-order valence-electron chi connectivity index (χ3n) is 3.96. The Labute approximate surface area is 170 Å². The lowest BCUT2D eigenvalue weighted by Crippen LogP contribution is -2.40. The van der Waals surface area contributed by atoms with Gasteiger partial charge in [0, 0.05) is 29.2 Å². The van der Waals surface area contributed by atoms with Crippen LogP contribution in [-0.2, 0) is 16.6 Å². The third kappa shape index (κ3) is 5.75. The van der Waals surface area contributed by atoms with Gasteiger partial charge in [-0.25, -0.2) is 13.1 Å². The van der Waals surface area contributed by atoms with Gasteiger partial charge in [0.05, 0.1) is 11.4 Å². The fraction of sp³-hybridized carbons (Fsp3) is 0.238. The topological polar surface area (TPSA) is 93.1 Å². The summed E-state index contributed by atoms with van der Waals surface area (Å²) in [6, 6.07) is 15.2.